The van der Waals surface area contributed by atoms with Crippen molar-refractivity contribution in [3.63, 3.8) is 0 Å². The van der Waals surface area contributed by atoms with Crippen molar-refractivity contribution in [2.45, 2.75) is 33.2 Å². The van der Waals surface area contributed by atoms with Crippen molar-refractivity contribution >= 4 is 28.6 Å². The van der Waals surface area contributed by atoms with Crippen molar-refractivity contribution < 1.29 is 14.3 Å². The van der Waals surface area contributed by atoms with Gasteiger partial charge in [-0.3, -0.25) is 4.79 Å². The number of amides is 1. The van der Waals surface area contributed by atoms with Gasteiger partial charge < -0.3 is 19.7 Å². The molecule has 0 unspecified atom stereocenters. The van der Waals surface area contributed by atoms with E-state index in [0.29, 0.717) is 11.5 Å². The predicted molar refractivity (Wildman–Crippen MR) is 127 cm³/mol. The first kappa shape index (κ1) is 21.2. The summed E-state index contributed by atoms with van der Waals surface area (Å²) in [7, 11) is 3.19. The van der Waals surface area contributed by atoms with Crippen molar-refractivity contribution in [2.24, 2.45) is 0 Å². The summed E-state index contributed by atoms with van der Waals surface area (Å²) in [5.41, 5.74) is 6.56. The minimum atomic E-state index is -0.0490. The molecule has 0 fully saturated rings. The van der Waals surface area contributed by atoms with Crippen molar-refractivity contribution in [2.75, 3.05) is 31.0 Å². The SMILES string of the molecule is COc1ccc(CC(=O)Nc2c(C)cc(N3CCc4sccc4C3)cc2C)cc1OC. The van der Waals surface area contributed by atoms with Crippen LogP contribution in [0.3, 0.4) is 0 Å². The van der Waals surface area contributed by atoms with Gasteiger partial charge in [-0.2, -0.15) is 0 Å². The number of carbonyl (C=O) groups excluding carboxylic acids is 1. The third-order valence-corrected chi connectivity index (χ3v) is 6.79. The lowest BCUT2D eigenvalue weighted by atomic mass is 10.0. The lowest BCUT2D eigenvalue weighted by Crippen LogP contribution is -2.29. The van der Waals surface area contributed by atoms with Crippen LogP contribution < -0.4 is 19.7 Å². The van der Waals surface area contributed by atoms with Crippen LogP contribution >= 0.6 is 11.3 Å². The second kappa shape index (κ2) is 9.02. The number of aryl methyl sites for hydroxylation is 2. The molecule has 0 aliphatic carbocycles. The number of rotatable bonds is 6. The summed E-state index contributed by atoms with van der Waals surface area (Å²) in [6.45, 7) is 6.09. The molecule has 0 saturated heterocycles. The normalized spacial score (nSPS) is 13.0. The van der Waals surface area contributed by atoms with Gasteiger partial charge in [0.1, 0.15) is 0 Å². The van der Waals surface area contributed by atoms with Gasteiger partial charge in [0.25, 0.3) is 0 Å². The van der Waals surface area contributed by atoms with E-state index >= 15 is 0 Å². The van der Waals surface area contributed by atoms with E-state index in [4.69, 9.17) is 9.47 Å². The minimum Gasteiger partial charge on any atom is -0.493 e. The van der Waals surface area contributed by atoms with Crippen molar-refractivity contribution in [1.29, 1.82) is 0 Å². The third-order valence-electron chi connectivity index (χ3n) is 5.77. The smallest absolute Gasteiger partial charge is 0.228 e. The molecule has 6 heteroatoms. The molecule has 1 amide bonds. The number of benzene rings is 2. The van der Waals surface area contributed by atoms with Gasteiger partial charge in [-0.25, -0.2) is 0 Å². The van der Waals surface area contributed by atoms with E-state index in [2.05, 4.69) is 47.6 Å². The molecule has 3 aromatic rings. The molecule has 162 valence electrons. The van der Waals surface area contributed by atoms with Gasteiger partial charge >= 0.3 is 0 Å². The molecule has 1 N–H and O–H groups in total. The van der Waals surface area contributed by atoms with E-state index in [-0.39, 0.29) is 12.3 Å². The number of carbonyl (C=O) groups is 1. The van der Waals surface area contributed by atoms with E-state index < -0.39 is 0 Å². The summed E-state index contributed by atoms with van der Waals surface area (Å²) in [5, 5.41) is 5.29. The Kier molecular flexibility index (Phi) is 6.18. The lowest BCUT2D eigenvalue weighted by molar-refractivity contribution is -0.115. The number of hydrogen-bond donors (Lipinski definition) is 1. The highest BCUT2D eigenvalue weighted by Gasteiger charge is 2.19. The van der Waals surface area contributed by atoms with Gasteiger partial charge in [-0.1, -0.05) is 6.07 Å². The van der Waals surface area contributed by atoms with E-state index in [1.165, 1.54) is 16.1 Å². The van der Waals surface area contributed by atoms with Crippen molar-refractivity contribution in [3.05, 3.63) is 68.9 Å². The monoisotopic (exact) mass is 436 g/mol. The number of thiophene rings is 1. The maximum absolute atomic E-state index is 12.7. The van der Waals surface area contributed by atoms with Crippen LogP contribution in [0.1, 0.15) is 27.1 Å². The first-order chi connectivity index (χ1) is 15.0. The highest BCUT2D eigenvalue weighted by atomic mass is 32.1. The fraction of sp³-hybridized carbons (Fsp3) is 0.320. The third kappa shape index (κ3) is 4.54. The highest BCUT2D eigenvalue weighted by Crippen LogP contribution is 2.32. The average molecular weight is 437 g/mol. The van der Waals surface area contributed by atoms with Crippen LogP contribution in [0, 0.1) is 13.8 Å². The zero-order chi connectivity index (χ0) is 22.0. The maximum Gasteiger partial charge on any atom is 0.228 e. The highest BCUT2D eigenvalue weighted by molar-refractivity contribution is 7.10. The fourth-order valence-electron chi connectivity index (χ4n) is 4.15. The summed E-state index contributed by atoms with van der Waals surface area (Å²) in [4.78, 5) is 16.7. The molecule has 1 aromatic heterocycles. The summed E-state index contributed by atoms with van der Waals surface area (Å²) >= 11 is 1.85. The van der Waals surface area contributed by atoms with Gasteiger partial charge in [0.2, 0.25) is 5.91 Å². The molecule has 31 heavy (non-hydrogen) atoms. The van der Waals surface area contributed by atoms with Gasteiger partial charge in [-0.15, -0.1) is 11.3 Å². The molecular weight excluding hydrogens is 408 g/mol. The number of fused-ring (bicyclic) bond motifs is 1. The van der Waals surface area contributed by atoms with E-state index in [0.717, 1.165) is 41.9 Å². The Morgan fingerprint density at radius 3 is 2.52 bits per heavy atom. The van der Waals surface area contributed by atoms with E-state index in [1.54, 1.807) is 14.2 Å². The second-order valence-corrected chi connectivity index (χ2v) is 8.91. The summed E-state index contributed by atoms with van der Waals surface area (Å²) in [6.07, 6.45) is 1.36. The zero-order valence-electron chi connectivity index (χ0n) is 18.5. The predicted octanol–water partition coefficient (Wildman–Crippen LogP) is 5.13. The summed E-state index contributed by atoms with van der Waals surface area (Å²) in [5.74, 6) is 1.23. The fourth-order valence-corrected chi connectivity index (χ4v) is 5.04. The number of anilines is 2. The standard InChI is InChI=1S/C25H28N2O3S/c1-16-11-20(27-9-7-23-19(15-27)8-10-31-23)12-17(2)25(16)26-24(28)14-18-5-6-21(29-3)22(13-18)30-4/h5-6,8,10-13H,7,9,14-15H2,1-4H3,(H,26,28). The number of ether oxygens (including phenoxy) is 2. The quantitative estimate of drug-likeness (QED) is 0.582. The molecule has 0 radical (unpaired) electrons. The van der Waals surface area contributed by atoms with Gasteiger partial charge in [0.05, 0.1) is 20.6 Å². The molecule has 5 nitrogen and oxygen atoms in total. The summed E-state index contributed by atoms with van der Waals surface area (Å²) in [6, 6.07) is 12.1. The van der Waals surface area contributed by atoms with Crippen molar-refractivity contribution in [1.82, 2.24) is 0 Å². The van der Waals surface area contributed by atoms with E-state index in [9.17, 15) is 4.79 Å². The summed E-state index contributed by atoms with van der Waals surface area (Å²) < 4.78 is 10.6. The molecule has 0 bridgehead atoms. The maximum atomic E-state index is 12.7. The van der Waals surface area contributed by atoms with Crippen LogP contribution in [0.2, 0.25) is 0 Å². The molecule has 2 heterocycles. The molecule has 4 rings (SSSR count). The molecule has 0 spiro atoms. The topological polar surface area (TPSA) is 50.8 Å². The Labute approximate surface area is 187 Å². The molecule has 1 aliphatic heterocycles. The Balaban J connectivity index is 1.47. The molecule has 0 atom stereocenters. The Hall–Kier alpha value is -2.99. The Bertz CT molecular complexity index is 1080. The van der Waals surface area contributed by atoms with Crippen LogP contribution in [0.25, 0.3) is 0 Å². The zero-order valence-corrected chi connectivity index (χ0v) is 19.3. The van der Waals surface area contributed by atoms with Gasteiger partial charge in [-0.05, 0) is 78.2 Å². The number of hydrogen-bond acceptors (Lipinski definition) is 5. The van der Waals surface area contributed by atoms with Crippen molar-refractivity contribution in [3.8, 4) is 11.5 Å². The number of nitrogens with zero attached hydrogens (tertiary/aromatic N) is 1. The molecular formula is C25H28N2O3S. The second-order valence-electron chi connectivity index (χ2n) is 7.91. The van der Waals surface area contributed by atoms with Gasteiger partial charge in [0, 0.05) is 29.3 Å². The van der Waals surface area contributed by atoms with Gasteiger partial charge in [0.15, 0.2) is 11.5 Å². The first-order valence-electron chi connectivity index (χ1n) is 10.4. The van der Waals surface area contributed by atoms with Crippen LogP contribution in [-0.4, -0.2) is 26.7 Å². The molecule has 0 saturated carbocycles. The first-order valence-corrected chi connectivity index (χ1v) is 11.3. The van der Waals surface area contributed by atoms with E-state index in [1.807, 2.05) is 29.5 Å². The minimum absolute atomic E-state index is 0.0490. The van der Waals surface area contributed by atoms with Crippen LogP contribution in [0.5, 0.6) is 11.5 Å². The Morgan fingerprint density at radius 1 is 1.06 bits per heavy atom. The Morgan fingerprint density at radius 2 is 1.81 bits per heavy atom. The van der Waals surface area contributed by atoms with Crippen LogP contribution in [0.4, 0.5) is 11.4 Å². The largest absolute Gasteiger partial charge is 0.493 e. The average Bonchev–Trinajstić information content (AvgIpc) is 3.24. The molecule has 1 aliphatic rings. The van der Waals surface area contributed by atoms with Crippen LogP contribution in [-0.2, 0) is 24.2 Å². The van der Waals surface area contributed by atoms with Crippen LogP contribution in [0.15, 0.2) is 41.8 Å². The number of nitrogens with one attached hydrogen (secondary N) is 1. The lowest BCUT2D eigenvalue weighted by Gasteiger charge is -2.30. The molecule has 2 aromatic carbocycles. The number of methoxy groups -OCH3 is 2.